The van der Waals surface area contributed by atoms with Crippen molar-refractivity contribution in [3.63, 3.8) is 0 Å². The Morgan fingerprint density at radius 3 is 2.65 bits per heavy atom. The Morgan fingerprint density at radius 1 is 1.26 bits per heavy atom. The average molecular weight is 338 g/mol. The summed E-state index contributed by atoms with van der Waals surface area (Å²) in [6.45, 7) is 0.506. The molecule has 7 heteroatoms. The molecule has 2 fully saturated rings. The predicted molar refractivity (Wildman–Crippen MR) is 79.7 cm³/mol. The molecule has 1 aromatic carbocycles. The lowest BCUT2D eigenvalue weighted by Gasteiger charge is -2.21. The first-order valence-electron chi connectivity index (χ1n) is 7.38. The second-order valence-electron chi connectivity index (χ2n) is 6.25. The van der Waals surface area contributed by atoms with Crippen LogP contribution in [-0.4, -0.2) is 16.0 Å². The number of hydrogen-bond donors (Lipinski definition) is 0. The number of halogens is 3. The molecule has 1 aliphatic heterocycles. The topological polar surface area (TPSA) is 44.1 Å². The zero-order chi connectivity index (χ0) is 16.4. The quantitative estimate of drug-likeness (QED) is 0.738. The predicted octanol–water partition coefficient (Wildman–Crippen LogP) is 3.25. The van der Waals surface area contributed by atoms with Gasteiger partial charge in [-0.25, -0.2) is 4.21 Å². The molecule has 0 N–H and O–H groups in total. The van der Waals surface area contributed by atoms with E-state index in [0.717, 1.165) is 18.6 Å². The number of benzene rings is 1. The van der Waals surface area contributed by atoms with Gasteiger partial charge in [-0.1, -0.05) is 12.2 Å². The van der Waals surface area contributed by atoms with Crippen LogP contribution in [0.25, 0.3) is 0 Å². The minimum atomic E-state index is -4.60. The molecule has 120 valence electrons. The minimum absolute atomic E-state index is 0.00924. The van der Waals surface area contributed by atoms with E-state index in [-0.39, 0.29) is 22.8 Å². The normalized spacial score (nSPS) is 34.7. The van der Waals surface area contributed by atoms with Crippen LogP contribution in [0.4, 0.5) is 18.9 Å². The van der Waals surface area contributed by atoms with Crippen molar-refractivity contribution in [1.29, 1.82) is 5.26 Å². The van der Waals surface area contributed by atoms with Crippen molar-refractivity contribution in [3.05, 3.63) is 41.5 Å². The van der Waals surface area contributed by atoms with Gasteiger partial charge in [0.25, 0.3) is 0 Å². The summed E-state index contributed by atoms with van der Waals surface area (Å²) in [6, 6.07) is 5.15. The fourth-order valence-corrected chi connectivity index (χ4v) is 6.08. The first-order chi connectivity index (χ1) is 10.9. The van der Waals surface area contributed by atoms with E-state index in [2.05, 4.69) is 12.2 Å². The highest BCUT2D eigenvalue weighted by atomic mass is 32.2. The zero-order valence-electron chi connectivity index (χ0n) is 12.0. The monoisotopic (exact) mass is 338 g/mol. The molecule has 1 saturated carbocycles. The van der Waals surface area contributed by atoms with E-state index in [9.17, 15) is 17.4 Å². The number of hydrogen-bond acceptors (Lipinski definition) is 2. The highest BCUT2D eigenvalue weighted by Gasteiger charge is 2.54. The van der Waals surface area contributed by atoms with E-state index in [1.54, 1.807) is 10.4 Å². The number of nitrogens with zero attached hydrogens (tertiary/aromatic N) is 2. The molecule has 3 nitrogen and oxygen atoms in total. The molecular formula is C16H13F3N2OS. The maximum atomic E-state index is 13.1. The van der Waals surface area contributed by atoms with Crippen LogP contribution < -0.4 is 4.31 Å². The van der Waals surface area contributed by atoms with Crippen molar-refractivity contribution in [2.75, 3.05) is 10.8 Å². The highest BCUT2D eigenvalue weighted by molar-refractivity contribution is 7.87. The fourth-order valence-electron chi connectivity index (χ4n) is 4.06. The average Bonchev–Trinajstić information content (AvgIpc) is 3.19. The van der Waals surface area contributed by atoms with Crippen LogP contribution in [0.3, 0.4) is 0 Å². The Morgan fingerprint density at radius 2 is 2.00 bits per heavy atom. The number of allylic oxidation sites excluding steroid dienone is 2. The van der Waals surface area contributed by atoms with Crippen molar-refractivity contribution in [2.24, 2.45) is 17.8 Å². The molecule has 1 saturated heterocycles. The van der Waals surface area contributed by atoms with E-state index >= 15 is 0 Å². The van der Waals surface area contributed by atoms with Gasteiger partial charge < -0.3 is 0 Å². The molecule has 0 amide bonds. The van der Waals surface area contributed by atoms with Crippen LogP contribution in [0.1, 0.15) is 17.5 Å². The summed E-state index contributed by atoms with van der Waals surface area (Å²) in [5.41, 5.74) is -1.09. The van der Waals surface area contributed by atoms with Gasteiger partial charge in [-0.15, -0.1) is 0 Å². The summed E-state index contributed by atoms with van der Waals surface area (Å²) in [5, 5.41) is 8.88. The maximum absolute atomic E-state index is 13.1. The van der Waals surface area contributed by atoms with E-state index < -0.39 is 28.3 Å². The number of fused-ring (bicyclic) bond motifs is 5. The first-order valence-corrected chi connectivity index (χ1v) is 8.55. The molecule has 23 heavy (non-hydrogen) atoms. The van der Waals surface area contributed by atoms with E-state index in [4.69, 9.17) is 5.26 Å². The SMILES string of the molecule is N#Cc1ccc(N2C[C@@H]3[C@@H]([C@@H]4C=C[C@H]3C4)S2=O)cc1C(F)(F)F. The standard InChI is InChI=1S/C16H13F3N2OS/c17-16(18,19)14-6-12(4-3-11(14)7-20)21-8-13-9-1-2-10(5-9)15(13)23(21)22/h1-4,6,9-10,13,15H,5,8H2/t9-,10+,13-,15+,23?/m0/s1. The van der Waals surface area contributed by atoms with Crippen molar-refractivity contribution < 1.29 is 17.4 Å². The second kappa shape index (κ2) is 4.84. The molecule has 1 aromatic rings. The third-order valence-corrected chi connectivity index (χ3v) is 7.05. The molecule has 1 heterocycles. The van der Waals surface area contributed by atoms with Crippen molar-refractivity contribution >= 4 is 16.7 Å². The first kappa shape index (κ1) is 14.8. The van der Waals surface area contributed by atoms with E-state index in [0.29, 0.717) is 12.5 Å². The molecule has 0 radical (unpaired) electrons. The van der Waals surface area contributed by atoms with Gasteiger partial charge in [0.05, 0.1) is 22.4 Å². The lowest BCUT2D eigenvalue weighted by molar-refractivity contribution is -0.137. The molecular weight excluding hydrogens is 325 g/mol. The molecule has 1 unspecified atom stereocenters. The molecule has 5 atom stereocenters. The summed E-state index contributed by atoms with van der Waals surface area (Å²) in [5.74, 6) is 0.909. The Labute approximate surface area is 134 Å². The lowest BCUT2D eigenvalue weighted by atomic mass is 9.93. The van der Waals surface area contributed by atoms with Crippen LogP contribution in [0.15, 0.2) is 30.4 Å². The lowest BCUT2D eigenvalue weighted by Crippen LogP contribution is -2.26. The Kier molecular flexibility index (Phi) is 3.11. The molecule has 3 aliphatic rings. The number of anilines is 1. The van der Waals surface area contributed by atoms with Gasteiger partial charge in [0.1, 0.15) is 11.0 Å². The number of alkyl halides is 3. The fraction of sp³-hybridized carbons (Fsp3) is 0.438. The van der Waals surface area contributed by atoms with Crippen molar-refractivity contribution in [3.8, 4) is 6.07 Å². The van der Waals surface area contributed by atoms with Gasteiger partial charge in [-0.05, 0) is 36.5 Å². The van der Waals surface area contributed by atoms with Gasteiger partial charge in [-0.2, -0.15) is 18.4 Å². The third kappa shape index (κ3) is 2.12. The minimum Gasteiger partial charge on any atom is -0.291 e. The van der Waals surface area contributed by atoms with Gasteiger partial charge in [-0.3, -0.25) is 4.31 Å². The van der Waals surface area contributed by atoms with Crippen molar-refractivity contribution in [1.82, 2.24) is 0 Å². The summed E-state index contributed by atoms with van der Waals surface area (Å²) in [7, 11) is -1.33. The van der Waals surface area contributed by atoms with Crippen LogP contribution in [-0.2, 0) is 17.2 Å². The maximum Gasteiger partial charge on any atom is 0.417 e. The van der Waals surface area contributed by atoms with Gasteiger partial charge in [0.15, 0.2) is 0 Å². The molecule has 4 rings (SSSR count). The Balaban J connectivity index is 1.70. The molecule has 0 spiro atoms. The van der Waals surface area contributed by atoms with Crippen molar-refractivity contribution in [2.45, 2.75) is 17.8 Å². The summed E-state index contributed by atoms with van der Waals surface area (Å²) in [4.78, 5) is 0. The van der Waals surface area contributed by atoms with E-state index in [1.165, 1.54) is 6.07 Å². The van der Waals surface area contributed by atoms with Crippen LogP contribution >= 0.6 is 0 Å². The smallest absolute Gasteiger partial charge is 0.291 e. The van der Waals surface area contributed by atoms with E-state index in [1.807, 2.05) is 0 Å². The van der Waals surface area contributed by atoms with Crippen LogP contribution in [0, 0.1) is 29.1 Å². The summed E-state index contributed by atoms with van der Waals surface area (Å²) >= 11 is 0. The summed E-state index contributed by atoms with van der Waals surface area (Å²) < 4.78 is 53.6. The number of nitriles is 1. The van der Waals surface area contributed by atoms with Crippen LogP contribution in [0.2, 0.25) is 0 Å². The van der Waals surface area contributed by atoms with Gasteiger partial charge >= 0.3 is 6.18 Å². The van der Waals surface area contributed by atoms with Gasteiger partial charge in [0, 0.05) is 18.2 Å². The Bertz CT molecular complexity index is 768. The van der Waals surface area contributed by atoms with Crippen LogP contribution in [0.5, 0.6) is 0 Å². The molecule has 0 aromatic heterocycles. The largest absolute Gasteiger partial charge is 0.417 e. The Hall–Kier alpha value is -1.81. The zero-order valence-corrected chi connectivity index (χ0v) is 12.8. The van der Waals surface area contributed by atoms with Gasteiger partial charge in [0.2, 0.25) is 0 Å². The second-order valence-corrected chi connectivity index (χ2v) is 7.79. The molecule has 2 aliphatic carbocycles. The summed E-state index contributed by atoms with van der Waals surface area (Å²) in [6.07, 6.45) is 0.647. The molecule has 2 bridgehead atoms. The third-order valence-electron chi connectivity index (χ3n) is 5.09. The highest BCUT2D eigenvalue weighted by Crippen LogP contribution is 2.51. The number of rotatable bonds is 1.